The topological polar surface area (TPSA) is 15.3 Å². The molecule has 1 rings (SSSR count). The lowest BCUT2D eigenvalue weighted by Crippen LogP contribution is -2.63. The fourth-order valence-electron chi connectivity index (χ4n) is 2.81. The molecular weight excluding hydrogens is 208 g/mol. The van der Waals surface area contributed by atoms with Gasteiger partial charge in [0, 0.05) is 24.7 Å². The molecule has 0 aliphatic carbocycles. The lowest BCUT2D eigenvalue weighted by atomic mass is 9.89. The van der Waals surface area contributed by atoms with Crippen LogP contribution in [-0.4, -0.2) is 36.1 Å². The quantitative estimate of drug-likeness (QED) is 0.766. The summed E-state index contributed by atoms with van der Waals surface area (Å²) in [5, 5.41) is 3.76. The van der Waals surface area contributed by atoms with Crippen LogP contribution < -0.4 is 5.32 Å². The maximum absolute atomic E-state index is 3.76. The monoisotopic (exact) mass is 240 g/mol. The normalized spacial score (nSPS) is 31.1. The van der Waals surface area contributed by atoms with Gasteiger partial charge in [0.15, 0.2) is 0 Å². The van der Waals surface area contributed by atoms with Crippen molar-refractivity contribution in [2.75, 3.05) is 19.6 Å². The van der Waals surface area contributed by atoms with Crippen molar-refractivity contribution in [3.8, 4) is 0 Å². The fourth-order valence-corrected chi connectivity index (χ4v) is 2.81. The summed E-state index contributed by atoms with van der Waals surface area (Å²) in [5.41, 5.74) is 0.378. The summed E-state index contributed by atoms with van der Waals surface area (Å²) in [7, 11) is 0. The van der Waals surface area contributed by atoms with Gasteiger partial charge < -0.3 is 5.32 Å². The molecule has 1 saturated heterocycles. The zero-order valence-electron chi connectivity index (χ0n) is 12.6. The number of nitrogens with one attached hydrogen (secondary N) is 1. The van der Waals surface area contributed by atoms with E-state index in [0.717, 1.165) is 12.5 Å². The number of hydrogen-bond donors (Lipinski definition) is 1. The molecule has 1 heterocycles. The highest BCUT2D eigenvalue weighted by Gasteiger charge is 2.35. The second-order valence-electron chi connectivity index (χ2n) is 6.36. The van der Waals surface area contributed by atoms with Crippen LogP contribution in [-0.2, 0) is 0 Å². The third-order valence-electron chi connectivity index (χ3n) is 4.27. The van der Waals surface area contributed by atoms with E-state index in [1.165, 1.54) is 38.8 Å². The van der Waals surface area contributed by atoms with E-state index in [2.05, 4.69) is 44.8 Å². The Hall–Kier alpha value is -0.0800. The Morgan fingerprint density at radius 2 is 2.06 bits per heavy atom. The summed E-state index contributed by atoms with van der Waals surface area (Å²) in [6, 6.07) is 0.700. The summed E-state index contributed by atoms with van der Waals surface area (Å²) >= 11 is 0. The molecule has 0 saturated carbocycles. The minimum absolute atomic E-state index is 0.378. The molecule has 1 aliphatic rings. The van der Waals surface area contributed by atoms with Crippen LogP contribution in [0.25, 0.3) is 0 Å². The molecule has 1 N–H and O–H groups in total. The van der Waals surface area contributed by atoms with Crippen LogP contribution in [0.15, 0.2) is 0 Å². The molecule has 0 radical (unpaired) electrons. The van der Waals surface area contributed by atoms with Crippen molar-refractivity contribution in [2.24, 2.45) is 5.92 Å². The Morgan fingerprint density at radius 3 is 2.59 bits per heavy atom. The zero-order chi connectivity index (χ0) is 12.9. The number of rotatable bonds is 6. The number of unbranched alkanes of at least 4 members (excludes halogenated alkanes) is 1. The fraction of sp³-hybridized carbons (Fsp3) is 1.00. The van der Waals surface area contributed by atoms with E-state index in [-0.39, 0.29) is 0 Å². The molecule has 1 fully saturated rings. The van der Waals surface area contributed by atoms with Crippen molar-refractivity contribution < 1.29 is 0 Å². The van der Waals surface area contributed by atoms with Gasteiger partial charge in [-0.1, -0.05) is 34.1 Å². The van der Waals surface area contributed by atoms with Gasteiger partial charge in [-0.05, 0) is 38.6 Å². The molecule has 2 heteroatoms. The summed E-state index contributed by atoms with van der Waals surface area (Å²) in [6.07, 6.45) is 5.20. The molecular formula is C15H32N2. The number of piperazine rings is 1. The molecule has 0 spiro atoms. The Balaban J connectivity index is 2.56. The summed E-state index contributed by atoms with van der Waals surface area (Å²) in [6.45, 7) is 15.4. The van der Waals surface area contributed by atoms with Crippen molar-refractivity contribution in [1.29, 1.82) is 0 Å². The first kappa shape index (κ1) is 15.0. The first-order valence-electron chi connectivity index (χ1n) is 7.50. The first-order chi connectivity index (χ1) is 8.01. The van der Waals surface area contributed by atoms with Gasteiger partial charge in [-0.15, -0.1) is 0 Å². The SMILES string of the molecule is CCCCN1CC(CC(C)C)NCC1(C)CC. The highest BCUT2D eigenvalue weighted by Crippen LogP contribution is 2.25. The van der Waals surface area contributed by atoms with E-state index in [4.69, 9.17) is 0 Å². The molecule has 2 unspecified atom stereocenters. The molecule has 0 aromatic carbocycles. The Kier molecular flexibility index (Phi) is 5.94. The van der Waals surface area contributed by atoms with Crippen LogP contribution in [0.4, 0.5) is 0 Å². The average molecular weight is 240 g/mol. The predicted octanol–water partition coefficient (Wildman–Crippen LogP) is 3.28. The molecule has 0 bridgehead atoms. The second-order valence-corrected chi connectivity index (χ2v) is 6.36. The van der Waals surface area contributed by atoms with Crippen molar-refractivity contribution >= 4 is 0 Å². The van der Waals surface area contributed by atoms with Crippen molar-refractivity contribution in [3.05, 3.63) is 0 Å². The minimum Gasteiger partial charge on any atom is -0.311 e. The van der Waals surface area contributed by atoms with Crippen LogP contribution in [0.1, 0.15) is 60.3 Å². The van der Waals surface area contributed by atoms with Gasteiger partial charge >= 0.3 is 0 Å². The maximum atomic E-state index is 3.76. The van der Waals surface area contributed by atoms with Gasteiger partial charge in [-0.25, -0.2) is 0 Å². The van der Waals surface area contributed by atoms with Crippen LogP contribution >= 0.6 is 0 Å². The van der Waals surface area contributed by atoms with Crippen LogP contribution in [0, 0.1) is 5.92 Å². The highest BCUT2D eigenvalue weighted by atomic mass is 15.3. The van der Waals surface area contributed by atoms with E-state index < -0.39 is 0 Å². The van der Waals surface area contributed by atoms with Crippen LogP contribution in [0.5, 0.6) is 0 Å². The molecule has 2 nitrogen and oxygen atoms in total. The Bertz CT molecular complexity index is 215. The summed E-state index contributed by atoms with van der Waals surface area (Å²) < 4.78 is 0. The van der Waals surface area contributed by atoms with E-state index >= 15 is 0 Å². The lowest BCUT2D eigenvalue weighted by Gasteiger charge is -2.48. The molecule has 17 heavy (non-hydrogen) atoms. The van der Waals surface area contributed by atoms with Gasteiger partial charge in [0.05, 0.1) is 0 Å². The van der Waals surface area contributed by atoms with Gasteiger partial charge in [0.1, 0.15) is 0 Å². The van der Waals surface area contributed by atoms with E-state index in [0.29, 0.717) is 11.6 Å². The van der Waals surface area contributed by atoms with Gasteiger partial charge in [-0.2, -0.15) is 0 Å². The molecule has 102 valence electrons. The predicted molar refractivity (Wildman–Crippen MR) is 76.4 cm³/mol. The molecule has 0 amide bonds. The van der Waals surface area contributed by atoms with Gasteiger partial charge in [0.25, 0.3) is 0 Å². The Labute approximate surface area is 108 Å². The lowest BCUT2D eigenvalue weighted by molar-refractivity contribution is 0.0433. The van der Waals surface area contributed by atoms with E-state index in [1.54, 1.807) is 0 Å². The van der Waals surface area contributed by atoms with Crippen molar-refractivity contribution in [2.45, 2.75) is 71.9 Å². The molecule has 1 aliphatic heterocycles. The maximum Gasteiger partial charge on any atom is 0.0303 e. The smallest absolute Gasteiger partial charge is 0.0303 e. The third-order valence-corrected chi connectivity index (χ3v) is 4.27. The summed E-state index contributed by atoms with van der Waals surface area (Å²) in [4.78, 5) is 2.74. The van der Waals surface area contributed by atoms with Gasteiger partial charge in [-0.3, -0.25) is 4.90 Å². The third kappa shape index (κ3) is 4.26. The van der Waals surface area contributed by atoms with E-state index in [9.17, 15) is 0 Å². The van der Waals surface area contributed by atoms with Crippen LogP contribution in [0.2, 0.25) is 0 Å². The molecule has 0 aromatic rings. The summed E-state index contributed by atoms with van der Waals surface area (Å²) in [5.74, 6) is 0.798. The number of nitrogens with zero attached hydrogens (tertiary/aromatic N) is 1. The second kappa shape index (κ2) is 6.75. The standard InChI is InChI=1S/C15H32N2/c1-6-8-9-17-11-14(10-13(3)4)16-12-15(17,5)7-2/h13-14,16H,6-12H2,1-5H3. The minimum atomic E-state index is 0.378. The largest absolute Gasteiger partial charge is 0.311 e. The van der Waals surface area contributed by atoms with Crippen LogP contribution in [0.3, 0.4) is 0 Å². The average Bonchev–Trinajstić information content (AvgIpc) is 2.29. The van der Waals surface area contributed by atoms with Crippen molar-refractivity contribution in [3.63, 3.8) is 0 Å². The highest BCUT2D eigenvalue weighted by molar-refractivity contribution is 4.95. The zero-order valence-corrected chi connectivity index (χ0v) is 12.6. The molecule has 2 atom stereocenters. The van der Waals surface area contributed by atoms with Crippen molar-refractivity contribution in [1.82, 2.24) is 10.2 Å². The first-order valence-corrected chi connectivity index (χ1v) is 7.50. The number of hydrogen-bond acceptors (Lipinski definition) is 2. The van der Waals surface area contributed by atoms with E-state index in [1.807, 2.05) is 0 Å². The Morgan fingerprint density at radius 1 is 1.35 bits per heavy atom. The van der Waals surface area contributed by atoms with Gasteiger partial charge in [0.2, 0.25) is 0 Å². The molecule has 0 aromatic heterocycles.